The molecule has 3 saturated heterocycles. The minimum absolute atomic E-state index is 1.88. The number of phosphoric acid groups is 6. The molecule has 8 heterocycles. The van der Waals surface area contributed by atoms with Crippen molar-refractivity contribution in [2.75, 3.05) is 0 Å². The van der Waals surface area contributed by atoms with Crippen molar-refractivity contribution < 1.29 is 122 Å². The Kier molecular flexibility index (Phi) is 20.0. The number of hydrogen-bond donors (Lipinski definition) is 0. The molecule has 9 rings (SSSR count). The van der Waals surface area contributed by atoms with Gasteiger partial charge >= 0.3 is 0 Å². The zero-order valence-corrected chi connectivity index (χ0v) is 37.0. The summed E-state index contributed by atoms with van der Waals surface area (Å²) in [5, 5.41) is 0. The van der Waals surface area contributed by atoms with Crippen LogP contribution in [-0.2, 0) is 67.5 Å². The van der Waals surface area contributed by atoms with E-state index in [4.69, 9.17) is 0 Å². The average Bonchev–Trinajstić information content (AvgIpc) is 3.48. The monoisotopic (exact) mass is 1000 g/mol. The van der Waals surface area contributed by atoms with Crippen LogP contribution in [0.4, 0.5) is 0 Å². The summed E-state index contributed by atoms with van der Waals surface area (Å²) in [6.07, 6.45) is 3.01. The summed E-state index contributed by atoms with van der Waals surface area (Å²) in [5.74, 6) is 0. The van der Waals surface area contributed by atoms with Gasteiger partial charge in [0.1, 0.15) is 36.6 Å². The molecular formula is C31H36N5O21P6-. The van der Waals surface area contributed by atoms with Crippen LogP contribution in [0.2, 0.25) is 0 Å². The lowest BCUT2D eigenvalue weighted by molar-refractivity contribution is -0.378. The largest absolute Gasteiger partial charge is 0.756 e. The van der Waals surface area contributed by atoms with Crippen molar-refractivity contribution in [3.05, 3.63) is 153 Å². The quantitative estimate of drug-likeness (QED) is 0.163. The van der Waals surface area contributed by atoms with Crippen molar-refractivity contribution in [1.29, 1.82) is 0 Å². The average molecular weight is 1000 g/mol. The third-order valence-electron chi connectivity index (χ3n) is 7.08. The van der Waals surface area contributed by atoms with Crippen LogP contribution < -0.4 is 54.3 Å². The lowest BCUT2D eigenvalue weighted by Crippen LogP contribution is -2.66. The van der Waals surface area contributed by atoms with E-state index >= 15 is 0 Å². The van der Waals surface area contributed by atoms with Gasteiger partial charge in [-0.3, -0.25) is 27.4 Å². The number of fused-ring (bicyclic) bond motifs is 6. The van der Waals surface area contributed by atoms with Crippen molar-refractivity contribution in [3.8, 4) is 0 Å². The van der Waals surface area contributed by atoms with E-state index in [2.05, 4.69) is 65.0 Å². The molecule has 3 aliphatic heterocycles. The van der Waals surface area contributed by atoms with Gasteiger partial charge in [-0.2, -0.15) is 0 Å². The topological polar surface area (TPSA) is 395 Å². The first-order valence-corrected chi connectivity index (χ1v) is 26.1. The standard InChI is InChI=1S/C6H12O21P6.5C5H5N/c7-28(8)19-1-2(20-29(9,10)25-28)4-6(24-33(17,18)27-32(15,16)23-4)5-3(1)21-30(11,12)26-31(13,14)22-5;5*1-2-4-6-5-3-1/h1-6H,(H,7,8)(H,9,10)(H,11,12)(H,13,14)(H,15,16)(H,17,18);5*1-5H/p-1. The molecule has 0 aromatic carbocycles. The van der Waals surface area contributed by atoms with Crippen molar-refractivity contribution in [1.82, 2.24) is 0 Å². The van der Waals surface area contributed by atoms with E-state index in [1.807, 2.05) is 153 Å². The number of aromatic nitrogens is 5. The third kappa shape index (κ3) is 19.3. The Hall–Kier alpha value is -3.47. The molecule has 1 saturated carbocycles. The Labute approximate surface area is 357 Å². The lowest BCUT2D eigenvalue weighted by Gasteiger charge is -2.48. The molecule has 5 aromatic heterocycles. The maximum Gasteiger partial charge on any atom is 0.274 e. The smallest absolute Gasteiger partial charge is 0.274 e. The van der Waals surface area contributed by atoms with Crippen molar-refractivity contribution in [2.24, 2.45) is 0 Å². The molecule has 342 valence electrons. The first-order valence-electron chi connectivity index (χ1n) is 17.3. The summed E-state index contributed by atoms with van der Waals surface area (Å²) in [6, 6.07) is 29.3. The van der Waals surface area contributed by atoms with Gasteiger partial charge in [0.2, 0.25) is 0 Å². The van der Waals surface area contributed by atoms with E-state index in [0.717, 1.165) is 0 Å². The van der Waals surface area contributed by atoms with Crippen LogP contribution in [0.1, 0.15) is 0 Å². The van der Waals surface area contributed by atoms with Crippen LogP contribution in [0.25, 0.3) is 0 Å². The number of phosphoric ester groups is 6. The minimum atomic E-state index is -5.97. The second-order valence-electron chi connectivity index (χ2n) is 11.7. The molecule has 0 amide bonds. The molecule has 0 radical (unpaired) electrons. The van der Waals surface area contributed by atoms with E-state index < -0.39 is 83.6 Å². The van der Waals surface area contributed by atoms with Gasteiger partial charge in [-0.1, -0.05) is 30.3 Å². The Balaban J connectivity index is 0.000000228. The van der Waals surface area contributed by atoms with Crippen LogP contribution in [0, 0.1) is 0 Å². The predicted molar refractivity (Wildman–Crippen MR) is 193 cm³/mol. The van der Waals surface area contributed by atoms with Gasteiger partial charge in [0.15, 0.2) is 62.0 Å². The fourth-order valence-electron chi connectivity index (χ4n) is 4.93. The molecule has 0 bridgehead atoms. The number of aromatic amines is 5. The summed E-state index contributed by atoms with van der Waals surface area (Å²) in [4.78, 5) is 85.7. The highest BCUT2D eigenvalue weighted by Gasteiger charge is 2.63. The number of rotatable bonds is 0. The summed E-state index contributed by atoms with van der Waals surface area (Å²) >= 11 is 0. The maximum atomic E-state index is 11.9. The van der Waals surface area contributed by atoms with Gasteiger partial charge < -0.3 is 56.5 Å². The number of pyridine rings is 5. The second-order valence-corrected chi connectivity index (χ2v) is 20.3. The van der Waals surface area contributed by atoms with Crippen LogP contribution in [0.5, 0.6) is 0 Å². The van der Waals surface area contributed by atoms with Crippen LogP contribution in [0.15, 0.2) is 153 Å². The first-order chi connectivity index (χ1) is 29.7. The Bertz CT molecular complexity index is 1830. The SMILES string of the molecule is O=P1([O-])OC2C3OP(=O)([O-])OP(=O)([O-])OC3C3OP(=O)([O-])OP(=O)([O-])OC3C2OP(=O)([O-])O1.c1cc[nH+]cc1.c1cc[nH+]cc1.c1cc[nH+]cc1.c1cc[nH+]cc1.c1cc[nH+]cc1. The van der Waals surface area contributed by atoms with E-state index in [1.54, 1.807) is 0 Å². The summed E-state index contributed by atoms with van der Waals surface area (Å²) < 4.78 is 109. The molecule has 5 N–H and O–H groups in total. The normalized spacial score (nSPS) is 36.3. The predicted octanol–water partition coefficient (Wildman–Crippen LogP) is -1.28. The van der Waals surface area contributed by atoms with E-state index in [9.17, 15) is 56.8 Å². The third-order valence-corrected chi connectivity index (χ3v) is 14.9. The fourth-order valence-corrected chi connectivity index (χ4v) is 12.0. The van der Waals surface area contributed by atoms with Gasteiger partial charge in [0.05, 0.1) is 0 Å². The lowest BCUT2D eigenvalue weighted by atomic mass is 9.85. The van der Waals surface area contributed by atoms with Gasteiger partial charge in [-0.25, -0.2) is 37.9 Å². The molecular weight excluding hydrogens is 964 g/mol. The van der Waals surface area contributed by atoms with Gasteiger partial charge in [0.25, 0.3) is 46.9 Å². The molecule has 4 aliphatic rings. The highest BCUT2D eigenvalue weighted by atomic mass is 31.3. The van der Waals surface area contributed by atoms with Crippen molar-refractivity contribution in [2.45, 2.75) is 36.6 Å². The molecule has 4 fully saturated rings. The molecule has 6 atom stereocenters. The zero-order chi connectivity index (χ0) is 46.0. The summed E-state index contributed by atoms with van der Waals surface area (Å²) in [6.45, 7) is 0. The fraction of sp³-hybridized carbons (Fsp3) is 0.194. The number of nitrogens with one attached hydrogen (secondary N) is 5. The zero-order valence-electron chi connectivity index (χ0n) is 31.7. The van der Waals surface area contributed by atoms with E-state index in [0.29, 0.717) is 0 Å². The highest BCUT2D eigenvalue weighted by Crippen LogP contribution is 2.69. The molecule has 6 unspecified atom stereocenters. The molecule has 32 heteroatoms. The van der Waals surface area contributed by atoms with Gasteiger partial charge in [-0.05, 0) is 0 Å². The van der Waals surface area contributed by atoms with Crippen LogP contribution >= 0.6 is 46.9 Å². The van der Waals surface area contributed by atoms with Crippen LogP contribution in [0.3, 0.4) is 0 Å². The molecule has 26 nitrogen and oxygen atoms in total. The molecule has 1 aliphatic carbocycles. The molecule has 0 spiro atoms. The summed E-state index contributed by atoms with van der Waals surface area (Å²) in [5.41, 5.74) is 0. The highest BCUT2D eigenvalue weighted by molar-refractivity contribution is 7.61. The number of H-pyrrole nitrogens is 5. The minimum Gasteiger partial charge on any atom is -0.756 e. The first kappa shape index (κ1) is 52.2. The van der Waals surface area contributed by atoms with Gasteiger partial charge in [0, 0.05) is 60.7 Å². The van der Waals surface area contributed by atoms with E-state index in [1.165, 1.54) is 0 Å². The second kappa shape index (κ2) is 24.2. The van der Waals surface area contributed by atoms with Crippen molar-refractivity contribution in [3.63, 3.8) is 0 Å². The molecule has 5 aromatic rings. The molecule has 63 heavy (non-hydrogen) atoms. The Morgan fingerprint density at radius 2 is 0.381 bits per heavy atom. The summed E-state index contributed by atoms with van der Waals surface area (Å²) in [7, 11) is -35.8. The Morgan fingerprint density at radius 1 is 0.254 bits per heavy atom. The number of hydrogen-bond acceptors (Lipinski definition) is 21. The van der Waals surface area contributed by atoms with Gasteiger partial charge in [-0.15, -0.1) is 0 Å². The van der Waals surface area contributed by atoms with E-state index in [-0.39, 0.29) is 0 Å². The van der Waals surface area contributed by atoms with Crippen molar-refractivity contribution >= 4 is 46.9 Å². The Morgan fingerprint density at radius 3 is 0.460 bits per heavy atom. The van der Waals surface area contributed by atoms with Crippen LogP contribution in [-0.4, -0.2) is 36.6 Å². The maximum absolute atomic E-state index is 11.9.